The summed E-state index contributed by atoms with van der Waals surface area (Å²) in [5.41, 5.74) is 3.38. The number of aliphatic hydroxyl groups is 1. The Hall–Kier alpha value is -3.44. The summed E-state index contributed by atoms with van der Waals surface area (Å²) in [5, 5.41) is 21.7. The summed E-state index contributed by atoms with van der Waals surface area (Å²) in [6, 6.07) is 14.0. The van der Waals surface area contributed by atoms with Crippen LogP contribution in [0.2, 0.25) is 0 Å². The molecule has 4 rings (SSSR count). The molecule has 3 heterocycles. The molecule has 0 bridgehead atoms. The van der Waals surface area contributed by atoms with Crippen LogP contribution in [0, 0.1) is 6.92 Å². The Morgan fingerprint density at radius 3 is 2.47 bits per heavy atom. The van der Waals surface area contributed by atoms with Crippen LogP contribution < -0.4 is 14.8 Å². The van der Waals surface area contributed by atoms with Gasteiger partial charge in [0.05, 0.1) is 18.3 Å². The lowest BCUT2D eigenvalue weighted by molar-refractivity contribution is -0.514. The average molecular weight is 479 g/mol. The summed E-state index contributed by atoms with van der Waals surface area (Å²) in [6.45, 7) is 3.02. The van der Waals surface area contributed by atoms with Gasteiger partial charge in [-0.1, -0.05) is 29.8 Å². The molecule has 3 aromatic rings. The molecule has 0 atom stereocenters. The molecule has 11 heteroatoms. The van der Waals surface area contributed by atoms with Gasteiger partial charge in [-0.3, -0.25) is 4.79 Å². The van der Waals surface area contributed by atoms with E-state index in [4.69, 9.17) is 14.6 Å². The molecular weight excluding hydrogens is 455 g/mol. The third-order valence-corrected chi connectivity index (χ3v) is 5.48. The Bertz CT molecular complexity index is 1170. The Labute approximate surface area is 193 Å². The summed E-state index contributed by atoms with van der Waals surface area (Å²) in [6.07, 6.45) is -2.12. The number of H-pyrrole nitrogens is 1. The van der Waals surface area contributed by atoms with Crippen LogP contribution in [0.25, 0.3) is 16.8 Å². The molecular formula is C23H24F3N3O5. The van der Waals surface area contributed by atoms with Gasteiger partial charge in [0, 0.05) is 18.8 Å². The molecule has 0 aliphatic carbocycles. The van der Waals surface area contributed by atoms with Crippen LogP contribution in [0.4, 0.5) is 13.2 Å². The van der Waals surface area contributed by atoms with Gasteiger partial charge in [-0.2, -0.15) is 17.6 Å². The highest BCUT2D eigenvalue weighted by Gasteiger charge is 2.37. The van der Waals surface area contributed by atoms with E-state index in [9.17, 15) is 23.1 Å². The highest BCUT2D eigenvalue weighted by molar-refractivity contribution is 5.92. The zero-order valence-corrected chi connectivity index (χ0v) is 18.3. The normalized spacial score (nSPS) is 15.3. The number of benzene rings is 1. The first-order valence-electron chi connectivity index (χ1n) is 10.4. The number of carboxylic acids is 1. The zero-order valence-electron chi connectivity index (χ0n) is 18.3. The number of rotatable bonds is 4. The van der Waals surface area contributed by atoms with Gasteiger partial charge < -0.3 is 25.1 Å². The minimum atomic E-state index is -5.19. The van der Waals surface area contributed by atoms with E-state index >= 15 is 0 Å². The highest BCUT2D eigenvalue weighted by Crippen LogP contribution is 2.24. The molecule has 1 aliphatic heterocycles. The van der Waals surface area contributed by atoms with Crippen molar-refractivity contribution < 1.29 is 42.1 Å². The number of carboxylic acid groups (broad SMARTS) is 1. The molecule has 1 amide bonds. The number of aromatic amines is 1. The second-order valence-corrected chi connectivity index (χ2v) is 7.96. The van der Waals surface area contributed by atoms with Crippen molar-refractivity contribution in [2.24, 2.45) is 0 Å². The lowest BCUT2D eigenvalue weighted by Gasteiger charge is -2.35. The largest absolute Gasteiger partial charge is 0.542 e. The van der Waals surface area contributed by atoms with Crippen molar-refractivity contribution in [1.29, 1.82) is 0 Å². The van der Waals surface area contributed by atoms with Crippen molar-refractivity contribution in [2.75, 3.05) is 19.8 Å². The van der Waals surface area contributed by atoms with Gasteiger partial charge in [-0.05, 0) is 38.0 Å². The number of ether oxygens (including phenoxy) is 1. The first kappa shape index (κ1) is 25.2. The first-order valence-corrected chi connectivity index (χ1v) is 10.4. The summed E-state index contributed by atoms with van der Waals surface area (Å²) in [4.78, 5) is 25.2. The molecule has 8 nitrogen and oxygen atoms in total. The lowest BCUT2D eigenvalue weighted by Crippen LogP contribution is -2.55. The first-order chi connectivity index (χ1) is 16.1. The van der Waals surface area contributed by atoms with Gasteiger partial charge in [-0.25, -0.2) is 4.98 Å². The van der Waals surface area contributed by atoms with Gasteiger partial charge in [0.25, 0.3) is 0 Å². The second kappa shape index (κ2) is 10.2. The Morgan fingerprint density at radius 1 is 1.21 bits per heavy atom. The van der Waals surface area contributed by atoms with E-state index in [-0.39, 0.29) is 12.5 Å². The lowest BCUT2D eigenvalue weighted by atomic mass is 9.91. The number of amides is 1. The number of aryl methyl sites for hydroxylation is 1. The maximum absolute atomic E-state index is 13.1. The Kier molecular flexibility index (Phi) is 7.57. The molecule has 34 heavy (non-hydrogen) atoms. The fourth-order valence-electron chi connectivity index (χ4n) is 3.66. The van der Waals surface area contributed by atoms with E-state index in [1.165, 1.54) is 0 Å². The van der Waals surface area contributed by atoms with E-state index in [1.54, 1.807) is 0 Å². The third kappa shape index (κ3) is 5.72. The van der Waals surface area contributed by atoms with Gasteiger partial charge in [0.1, 0.15) is 5.97 Å². The van der Waals surface area contributed by atoms with Crippen molar-refractivity contribution in [2.45, 2.75) is 31.5 Å². The minimum absolute atomic E-state index is 0.101. The molecule has 0 radical (unpaired) electrons. The van der Waals surface area contributed by atoms with Gasteiger partial charge in [0.2, 0.25) is 0 Å². The number of nitrogens with zero attached hydrogens (tertiary/aromatic N) is 1. The number of hydrogen-bond acceptors (Lipinski definition) is 5. The predicted molar refractivity (Wildman–Crippen MR) is 113 cm³/mol. The number of halogens is 3. The van der Waals surface area contributed by atoms with E-state index in [2.05, 4.69) is 16.4 Å². The van der Waals surface area contributed by atoms with Crippen molar-refractivity contribution in [1.82, 2.24) is 10.3 Å². The molecule has 0 unspecified atom stereocenters. The molecule has 1 fully saturated rings. The van der Waals surface area contributed by atoms with Crippen molar-refractivity contribution in [3.8, 4) is 11.3 Å². The van der Waals surface area contributed by atoms with Crippen LogP contribution in [0.15, 0.2) is 48.7 Å². The van der Waals surface area contributed by atoms with Crippen molar-refractivity contribution in [3.63, 3.8) is 0 Å². The number of aliphatic carboxylic acids is 1. The van der Waals surface area contributed by atoms with Crippen molar-refractivity contribution >= 4 is 17.4 Å². The molecule has 2 aromatic heterocycles. The maximum atomic E-state index is 13.1. The van der Waals surface area contributed by atoms with Gasteiger partial charge in [0.15, 0.2) is 11.2 Å². The smallest absolute Gasteiger partial charge is 0.430 e. The zero-order chi connectivity index (χ0) is 24.9. The predicted octanol–water partition coefficient (Wildman–Crippen LogP) is 1.30. The quantitative estimate of drug-likeness (QED) is 0.488. The van der Waals surface area contributed by atoms with E-state index in [0.29, 0.717) is 31.9 Å². The summed E-state index contributed by atoms with van der Waals surface area (Å²) in [7, 11) is 0. The van der Waals surface area contributed by atoms with Crippen LogP contribution in [-0.2, 0) is 9.53 Å². The van der Waals surface area contributed by atoms with Gasteiger partial charge in [-0.15, -0.1) is 0 Å². The summed E-state index contributed by atoms with van der Waals surface area (Å²) in [5.74, 6) is -2.79. The van der Waals surface area contributed by atoms with Crippen LogP contribution in [-0.4, -0.2) is 53.5 Å². The standard InChI is InChI=1S/C21H23N3O3.C2HF3O2/c1-15-5-4-6-16(13-15)18-17-7-2-3-10-24(17)19(22-18)20(26)23-21(14-25)8-11-27-12-9-21;3-2(4,5)1(6)7/h2-7,10,13,25H,8-9,11-12,14H2,1H3,(H,23,26);(H,6,7). The fraction of sp³-hybridized carbons (Fsp3) is 0.348. The molecule has 0 spiro atoms. The average Bonchev–Trinajstić information content (AvgIpc) is 3.19. The number of fused-ring (bicyclic) bond motifs is 1. The van der Waals surface area contributed by atoms with E-state index in [1.807, 2.05) is 53.9 Å². The number of carbonyl (C=O) groups excluding carboxylic acids is 2. The summed E-state index contributed by atoms with van der Waals surface area (Å²) < 4.78 is 38.8. The molecule has 3 N–H and O–H groups in total. The SMILES string of the molecule is Cc1cccc(-c2[nH]c(C(=O)NC3(CO)CCOCC3)[n+]3ccccc23)c1.O=C([O-])C(F)(F)F. The number of imidazole rings is 1. The van der Waals surface area contributed by atoms with Gasteiger partial charge >= 0.3 is 17.9 Å². The van der Waals surface area contributed by atoms with E-state index in [0.717, 1.165) is 22.3 Å². The number of aliphatic hydroxyl groups excluding tert-OH is 1. The third-order valence-electron chi connectivity index (χ3n) is 5.48. The summed E-state index contributed by atoms with van der Waals surface area (Å²) >= 11 is 0. The topological polar surface area (TPSA) is 119 Å². The number of aromatic nitrogens is 2. The number of carbonyl (C=O) groups is 2. The fourth-order valence-corrected chi connectivity index (χ4v) is 3.66. The molecule has 1 aromatic carbocycles. The molecule has 1 aliphatic rings. The number of nitrogens with one attached hydrogen (secondary N) is 2. The highest BCUT2D eigenvalue weighted by atomic mass is 19.4. The van der Waals surface area contributed by atoms with Crippen molar-refractivity contribution in [3.05, 3.63) is 60.0 Å². The molecule has 1 saturated heterocycles. The monoisotopic (exact) mass is 479 g/mol. The van der Waals surface area contributed by atoms with E-state index < -0.39 is 17.7 Å². The second-order valence-electron chi connectivity index (χ2n) is 7.96. The van der Waals surface area contributed by atoms with Crippen LogP contribution in [0.3, 0.4) is 0 Å². The molecule has 0 saturated carbocycles. The van der Waals surface area contributed by atoms with Crippen LogP contribution in [0.5, 0.6) is 0 Å². The molecule has 182 valence electrons. The minimum Gasteiger partial charge on any atom is -0.542 e. The number of hydrogen-bond donors (Lipinski definition) is 3. The Morgan fingerprint density at radius 2 is 1.88 bits per heavy atom. The Balaban J connectivity index is 0.000000406. The van der Waals surface area contributed by atoms with Crippen LogP contribution in [0.1, 0.15) is 29.0 Å². The number of pyridine rings is 1. The maximum Gasteiger partial charge on any atom is 0.430 e. The van der Waals surface area contributed by atoms with Crippen LogP contribution >= 0.6 is 0 Å². The number of alkyl halides is 3.